The number of guanidine groups is 1. The molecule has 3 atom stereocenters. The van der Waals surface area contributed by atoms with Crippen LogP contribution in [0.2, 0.25) is 0 Å². The van der Waals surface area contributed by atoms with Gasteiger partial charge in [-0.25, -0.2) is 4.39 Å². The van der Waals surface area contributed by atoms with Crippen LogP contribution in [-0.2, 0) is 11.3 Å². The van der Waals surface area contributed by atoms with Crippen LogP contribution in [0.15, 0.2) is 29.3 Å². The van der Waals surface area contributed by atoms with Crippen LogP contribution in [-0.4, -0.2) is 43.2 Å². The van der Waals surface area contributed by atoms with Crippen molar-refractivity contribution in [2.75, 3.05) is 20.2 Å². The summed E-state index contributed by atoms with van der Waals surface area (Å²) in [4.78, 5) is 6.76. The first-order chi connectivity index (χ1) is 11.4. The lowest BCUT2D eigenvalue weighted by Gasteiger charge is -2.55. The number of ether oxygens (including phenoxy) is 1. The second-order valence-corrected chi connectivity index (χ2v) is 7.47. The Kier molecular flexibility index (Phi) is 6.70. The van der Waals surface area contributed by atoms with Crippen molar-refractivity contribution >= 4 is 29.9 Å². The molecule has 3 rings (SSSR count). The fourth-order valence-electron chi connectivity index (χ4n) is 4.12. The van der Waals surface area contributed by atoms with Crippen molar-refractivity contribution in [2.45, 2.75) is 45.9 Å². The van der Waals surface area contributed by atoms with Gasteiger partial charge in [-0.1, -0.05) is 26.0 Å². The van der Waals surface area contributed by atoms with Crippen molar-refractivity contribution in [1.82, 2.24) is 10.2 Å². The monoisotopic (exact) mass is 461 g/mol. The summed E-state index contributed by atoms with van der Waals surface area (Å²) in [6, 6.07) is 7.03. The van der Waals surface area contributed by atoms with Gasteiger partial charge in [0.15, 0.2) is 5.96 Å². The van der Waals surface area contributed by atoms with Gasteiger partial charge in [0.1, 0.15) is 5.82 Å². The van der Waals surface area contributed by atoms with Gasteiger partial charge >= 0.3 is 0 Å². The van der Waals surface area contributed by atoms with E-state index in [0.29, 0.717) is 24.6 Å². The molecule has 1 saturated heterocycles. The van der Waals surface area contributed by atoms with E-state index >= 15 is 0 Å². The summed E-state index contributed by atoms with van der Waals surface area (Å²) in [6.45, 7) is 8.86. The highest BCUT2D eigenvalue weighted by molar-refractivity contribution is 14.0. The molecule has 6 heteroatoms. The number of aliphatic imine (C=N–C) groups is 1. The van der Waals surface area contributed by atoms with Crippen molar-refractivity contribution in [1.29, 1.82) is 0 Å². The molecule has 1 saturated carbocycles. The molecule has 2 aliphatic rings. The predicted molar refractivity (Wildman–Crippen MR) is 110 cm³/mol. The van der Waals surface area contributed by atoms with Gasteiger partial charge in [0.05, 0.1) is 6.10 Å². The van der Waals surface area contributed by atoms with Gasteiger partial charge in [0.2, 0.25) is 0 Å². The van der Waals surface area contributed by atoms with E-state index in [4.69, 9.17) is 4.74 Å². The summed E-state index contributed by atoms with van der Waals surface area (Å²) >= 11 is 0. The molecule has 0 bridgehead atoms. The summed E-state index contributed by atoms with van der Waals surface area (Å²) in [5, 5.41) is 3.67. The number of nitrogens with zero attached hydrogens (tertiary/aromatic N) is 2. The molecule has 1 aliphatic carbocycles. The molecule has 1 aromatic rings. The molecule has 1 heterocycles. The predicted octanol–water partition coefficient (Wildman–Crippen LogP) is 3.65. The van der Waals surface area contributed by atoms with Crippen molar-refractivity contribution in [2.24, 2.45) is 16.3 Å². The van der Waals surface area contributed by atoms with Crippen molar-refractivity contribution in [3.05, 3.63) is 35.6 Å². The lowest BCUT2D eigenvalue weighted by atomic mass is 9.57. The number of benzene rings is 1. The summed E-state index contributed by atoms with van der Waals surface area (Å²) in [5.74, 6) is 1.27. The molecule has 1 aliphatic heterocycles. The summed E-state index contributed by atoms with van der Waals surface area (Å²) < 4.78 is 19.0. The van der Waals surface area contributed by atoms with E-state index in [2.05, 4.69) is 29.1 Å². The van der Waals surface area contributed by atoms with Gasteiger partial charge < -0.3 is 15.0 Å². The lowest BCUT2D eigenvalue weighted by molar-refractivity contribution is -0.107. The third-order valence-electron chi connectivity index (χ3n) is 5.39. The molecule has 0 spiro atoms. The van der Waals surface area contributed by atoms with E-state index in [1.54, 1.807) is 0 Å². The summed E-state index contributed by atoms with van der Waals surface area (Å²) in [7, 11) is 2.03. The molecule has 0 amide bonds. The number of halogens is 2. The molecule has 1 aromatic carbocycles. The molecular formula is C19H29FIN3O. The van der Waals surface area contributed by atoms with Gasteiger partial charge in [0, 0.05) is 44.1 Å². The molecule has 4 nitrogen and oxygen atoms in total. The molecule has 0 aromatic heterocycles. The first-order valence-corrected chi connectivity index (χ1v) is 8.81. The zero-order chi connectivity index (χ0) is 17.3. The SMILES string of the molecule is CCN=C(NC1C2CCOC2C1(C)C)N(C)Cc1ccc(F)cc1.I. The third-order valence-corrected chi connectivity index (χ3v) is 5.39. The molecule has 25 heavy (non-hydrogen) atoms. The van der Waals surface area contributed by atoms with Gasteiger partial charge in [0.25, 0.3) is 0 Å². The van der Waals surface area contributed by atoms with Crippen LogP contribution in [0.1, 0.15) is 32.8 Å². The van der Waals surface area contributed by atoms with E-state index < -0.39 is 0 Å². The average molecular weight is 461 g/mol. The van der Waals surface area contributed by atoms with Crippen molar-refractivity contribution in [3.8, 4) is 0 Å². The molecule has 3 unspecified atom stereocenters. The maximum absolute atomic E-state index is 13.1. The highest BCUT2D eigenvalue weighted by Crippen LogP contribution is 2.52. The Balaban J connectivity index is 0.00000225. The quantitative estimate of drug-likeness (QED) is 0.423. The van der Waals surface area contributed by atoms with Crippen LogP contribution in [0.5, 0.6) is 0 Å². The fraction of sp³-hybridized carbons (Fsp3) is 0.632. The molecule has 0 radical (unpaired) electrons. The smallest absolute Gasteiger partial charge is 0.194 e. The Morgan fingerprint density at radius 2 is 2.04 bits per heavy atom. The average Bonchev–Trinajstić information content (AvgIpc) is 3.00. The molecule has 2 fully saturated rings. The molecular weight excluding hydrogens is 432 g/mol. The Labute approximate surface area is 167 Å². The van der Waals surface area contributed by atoms with Gasteiger partial charge in [-0.2, -0.15) is 0 Å². The standard InChI is InChI=1S/C19H28FN3O.HI/c1-5-21-18(23(4)12-13-6-8-14(20)9-7-13)22-16-15-10-11-24-17(15)19(16,2)3;/h6-9,15-17H,5,10-12H2,1-4H3,(H,21,22);1H. The summed E-state index contributed by atoms with van der Waals surface area (Å²) in [6.07, 6.45) is 1.48. The Morgan fingerprint density at radius 3 is 2.68 bits per heavy atom. The van der Waals surface area contributed by atoms with Crippen molar-refractivity contribution in [3.63, 3.8) is 0 Å². The minimum absolute atomic E-state index is 0. The van der Waals surface area contributed by atoms with Crippen LogP contribution >= 0.6 is 24.0 Å². The minimum Gasteiger partial charge on any atom is -0.377 e. The van der Waals surface area contributed by atoms with Gasteiger partial charge in [-0.05, 0) is 31.0 Å². The largest absolute Gasteiger partial charge is 0.377 e. The van der Waals surface area contributed by atoms with E-state index in [1.807, 2.05) is 26.1 Å². The van der Waals surface area contributed by atoms with Crippen LogP contribution in [0.3, 0.4) is 0 Å². The maximum atomic E-state index is 13.1. The first kappa shape index (κ1) is 20.4. The zero-order valence-electron chi connectivity index (χ0n) is 15.5. The van der Waals surface area contributed by atoms with E-state index in [-0.39, 0.29) is 35.2 Å². The topological polar surface area (TPSA) is 36.9 Å². The number of nitrogens with one attached hydrogen (secondary N) is 1. The summed E-state index contributed by atoms with van der Waals surface area (Å²) in [5.41, 5.74) is 1.19. The second-order valence-electron chi connectivity index (χ2n) is 7.47. The van der Waals surface area contributed by atoms with Crippen molar-refractivity contribution < 1.29 is 9.13 Å². The second kappa shape index (κ2) is 8.20. The molecule has 1 N–H and O–H groups in total. The van der Waals surface area contributed by atoms with E-state index in [1.165, 1.54) is 12.1 Å². The number of hydrogen-bond acceptors (Lipinski definition) is 2. The number of fused-ring (bicyclic) bond motifs is 1. The normalized spacial score (nSPS) is 27.1. The zero-order valence-corrected chi connectivity index (χ0v) is 17.8. The lowest BCUT2D eigenvalue weighted by Crippen LogP contribution is -2.67. The molecule has 140 valence electrons. The minimum atomic E-state index is -0.203. The number of hydrogen-bond donors (Lipinski definition) is 1. The fourth-order valence-corrected chi connectivity index (χ4v) is 4.12. The highest BCUT2D eigenvalue weighted by atomic mass is 127. The van der Waals surface area contributed by atoms with Gasteiger partial charge in [-0.3, -0.25) is 4.99 Å². The van der Waals surface area contributed by atoms with Crippen LogP contribution in [0.4, 0.5) is 4.39 Å². The number of rotatable bonds is 4. The van der Waals surface area contributed by atoms with E-state index in [9.17, 15) is 4.39 Å². The Bertz CT molecular complexity index is 605. The van der Waals surface area contributed by atoms with Gasteiger partial charge in [-0.15, -0.1) is 24.0 Å². The Hall–Kier alpha value is -0.890. The van der Waals surface area contributed by atoms with Crippen LogP contribution in [0.25, 0.3) is 0 Å². The maximum Gasteiger partial charge on any atom is 0.194 e. The third kappa shape index (κ3) is 4.10. The highest BCUT2D eigenvalue weighted by Gasteiger charge is 2.59. The first-order valence-electron chi connectivity index (χ1n) is 8.81. The Morgan fingerprint density at radius 1 is 1.36 bits per heavy atom. The van der Waals surface area contributed by atoms with Crippen LogP contribution < -0.4 is 5.32 Å². The van der Waals surface area contributed by atoms with E-state index in [0.717, 1.165) is 31.1 Å². The van der Waals surface area contributed by atoms with Crippen LogP contribution in [0, 0.1) is 17.2 Å².